The summed E-state index contributed by atoms with van der Waals surface area (Å²) < 4.78 is 37.5. The van der Waals surface area contributed by atoms with Crippen LogP contribution >= 0.6 is 0 Å². The van der Waals surface area contributed by atoms with Gasteiger partial charge in [0.2, 0.25) is 5.95 Å². The summed E-state index contributed by atoms with van der Waals surface area (Å²) >= 11 is 0. The van der Waals surface area contributed by atoms with Crippen LogP contribution in [-0.4, -0.2) is 14.9 Å². The SMILES string of the molecule is Cc1nc(N)nc(-c2ccc(C(F)(F)F)cc2)c1[N+](=O)[O-]. The Morgan fingerprint density at radius 1 is 1.19 bits per heavy atom. The number of anilines is 1. The van der Waals surface area contributed by atoms with Gasteiger partial charge in [0.25, 0.3) is 0 Å². The van der Waals surface area contributed by atoms with E-state index < -0.39 is 16.7 Å². The minimum atomic E-state index is -4.48. The molecule has 1 aromatic carbocycles. The summed E-state index contributed by atoms with van der Waals surface area (Å²) in [6.07, 6.45) is -4.48. The van der Waals surface area contributed by atoms with Crippen LogP contribution < -0.4 is 5.73 Å². The fraction of sp³-hybridized carbons (Fsp3) is 0.167. The number of rotatable bonds is 2. The van der Waals surface area contributed by atoms with Crippen LogP contribution in [0.15, 0.2) is 24.3 Å². The van der Waals surface area contributed by atoms with Crippen molar-refractivity contribution >= 4 is 11.6 Å². The number of hydrogen-bond donors (Lipinski definition) is 1. The predicted molar refractivity (Wildman–Crippen MR) is 68.3 cm³/mol. The molecule has 9 heteroatoms. The van der Waals surface area contributed by atoms with Gasteiger partial charge in [-0.05, 0) is 19.1 Å². The summed E-state index contributed by atoms with van der Waals surface area (Å²) in [7, 11) is 0. The molecule has 0 saturated carbocycles. The molecule has 0 fully saturated rings. The molecule has 1 aromatic heterocycles. The van der Waals surface area contributed by atoms with E-state index in [-0.39, 0.29) is 28.6 Å². The Labute approximate surface area is 116 Å². The van der Waals surface area contributed by atoms with Gasteiger partial charge in [0.05, 0.1) is 10.5 Å². The third kappa shape index (κ3) is 2.91. The van der Waals surface area contributed by atoms with Crippen molar-refractivity contribution in [3.63, 3.8) is 0 Å². The fourth-order valence-corrected chi connectivity index (χ4v) is 1.83. The molecule has 6 nitrogen and oxygen atoms in total. The quantitative estimate of drug-likeness (QED) is 0.679. The number of aryl methyl sites for hydroxylation is 1. The predicted octanol–water partition coefficient (Wildman–Crippen LogP) is 2.96. The minimum absolute atomic E-state index is 0.0439. The van der Waals surface area contributed by atoms with Crippen LogP contribution in [0.3, 0.4) is 0 Å². The third-order valence-electron chi connectivity index (χ3n) is 2.74. The standard InChI is InChI=1S/C12H9F3N4O2/c1-6-10(19(20)21)9(18-11(16)17-6)7-2-4-8(5-3-7)12(13,14)15/h2-5H,1H3,(H2,16,17,18). The second-order valence-electron chi connectivity index (χ2n) is 4.20. The van der Waals surface area contributed by atoms with Crippen LogP contribution in [-0.2, 0) is 6.18 Å². The van der Waals surface area contributed by atoms with Crippen molar-refractivity contribution in [2.24, 2.45) is 0 Å². The first kappa shape index (κ1) is 14.7. The molecule has 110 valence electrons. The Hall–Kier alpha value is -2.71. The van der Waals surface area contributed by atoms with Gasteiger partial charge in [0.1, 0.15) is 5.69 Å². The number of nitrogen functional groups attached to an aromatic ring is 1. The normalized spacial score (nSPS) is 11.4. The number of nitro groups is 1. The van der Waals surface area contributed by atoms with Crippen molar-refractivity contribution < 1.29 is 18.1 Å². The van der Waals surface area contributed by atoms with Gasteiger partial charge in [0.15, 0.2) is 5.69 Å². The number of nitrogens with zero attached hydrogens (tertiary/aromatic N) is 3. The van der Waals surface area contributed by atoms with Crippen LogP contribution in [0.5, 0.6) is 0 Å². The summed E-state index contributed by atoms with van der Waals surface area (Å²) in [6, 6.07) is 3.87. The second-order valence-corrected chi connectivity index (χ2v) is 4.20. The molecule has 21 heavy (non-hydrogen) atoms. The van der Waals surface area contributed by atoms with E-state index in [2.05, 4.69) is 9.97 Å². The van der Waals surface area contributed by atoms with Crippen LogP contribution in [0.2, 0.25) is 0 Å². The largest absolute Gasteiger partial charge is 0.416 e. The van der Waals surface area contributed by atoms with Crippen LogP contribution in [0.4, 0.5) is 24.8 Å². The molecule has 0 amide bonds. The number of halogens is 3. The fourth-order valence-electron chi connectivity index (χ4n) is 1.83. The average molecular weight is 298 g/mol. The zero-order valence-corrected chi connectivity index (χ0v) is 10.7. The highest BCUT2D eigenvalue weighted by molar-refractivity contribution is 5.71. The van der Waals surface area contributed by atoms with Crippen molar-refractivity contribution in [3.8, 4) is 11.3 Å². The molecule has 0 aliphatic heterocycles. The van der Waals surface area contributed by atoms with Gasteiger partial charge in [-0.3, -0.25) is 10.1 Å². The summed E-state index contributed by atoms with van der Waals surface area (Å²) in [6.45, 7) is 1.38. The molecule has 0 atom stereocenters. The maximum Gasteiger partial charge on any atom is 0.416 e. The van der Waals surface area contributed by atoms with E-state index >= 15 is 0 Å². The molecule has 0 bridgehead atoms. The van der Waals surface area contributed by atoms with Gasteiger partial charge in [-0.15, -0.1) is 0 Å². The minimum Gasteiger partial charge on any atom is -0.368 e. The maximum absolute atomic E-state index is 12.5. The molecule has 0 aliphatic carbocycles. The Balaban J connectivity index is 2.59. The Morgan fingerprint density at radius 3 is 2.24 bits per heavy atom. The van der Waals surface area contributed by atoms with E-state index in [1.165, 1.54) is 6.92 Å². The highest BCUT2D eigenvalue weighted by Gasteiger charge is 2.30. The molecule has 1 heterocycles. The molecular formula is C12H9F3N4O2. The van der Waals surface area contributed by atoms with E-state index in [0.717, 1.165) is 24.3 Å². The van der Waals surface area contributed by atoms with Crippen molar-refractivity contribution in [2.45, 2.75) is 13.1 Å². The summed E-state index contributed by atoms with van der Waals surface area (Å²) in [4.78, 5) is 17.8. The lowest BCUT2D eigenvalue weighted by molar-refractivity contribution is -0.385. The lowest BCUT2D eigenvalue weighted by Crippen LogP contribution is -2.06. The molecule has 2 rings (SSSR count). The van der Waals surface area contributed by atoms with Gasteiger partial charge in [-0.2, -0.15) is 13.2 Å². The van der Waals surface area contributed by atoms with Crippen molar-refractivity contribution in [2.75, 3.05) is 5.73 Å². The number of hydrogen-bond acceptors (Lipinski definition) is 5. The van der Waals surface area contributed by atoms with E-state index in [9.17, 15) is 23.3 Å². The van der Waals surface area contributed by atoms with Crippen LogP contribution in [0.1, 0.15) is 11.3 Å². The van der Waals surface area contributed by atoms with Gasteiger partial charge >= 0.3 is 11.9 Å². The first-order valence-electron chi connectivity index (χ1n) is 5.66. The number of benzene rings is 1. The average Bonchev–Trinajstić information content (AvgIpc) is 2.36. The van der Waals surface area contributed by atoms with Crippen LogP contribution in [0.25, 0.3) is 11.3 Å². The van der Waals surface area contributed by atoms with Gasteiger partial charge in [0, 0.05) is 5.56 Å². The summed E-state index contributed by atoms with van der Waals surface area (Å²) in [5.74, 6) is -0.187. The first-order chi connectivity index (χ1) is 9.70. The zero-order chi connectivity index (χ0) is 15.8. The number of nitrogens with two attached hydrogens (primary N) is 1. The Kier molecular flexibility index (Phi) is 3.50. The summed E-state index contributed by atoms with van der Waals surface area (Å²) in [5, 5.41) is 11.1. The first-order valence-corrected chi connectivity index (χ1v) is 5.66. The van der Waals surface area contributed by atoms with Crippen molar-refractivity contribution in [1.29, 1.82) is 0 Å². The van der Waals surface area contributed by atoms with Gasteiger partial charge < -0.3 is 5.73 Å². The highest BCUT2D eigenvalue weighted by atomic mass is 19.4. The molecule has 0 unspecified atom stereocenters. The molecule has 0 radical (unpaired) electrons. The summed E-state index contributed by atoms with van der Waals surface area (Å²) in [5.41, 5.74) is 4.29. The van der Waals surface area contributed by atoms with Gasteiger partial charge in [-0.25, -0.2) is 9.97 Å². The monoisotopic (exact) mass is 298 g/mol. The number of aromatic nitrogens is 2. The molecule has 0 aliphatic rings. The van der Waals surface area contributed by atoms with Gasteiger partial charge in [-0.1, -0.05) is 12.1 Å². The molecular weight excluding hydrogens is 289 g/mol. The van der Waals surface area contributed by atoms with E-state index in [1.54, 1.807) is 0 Å². The number of alkyl halides is 3. The van der Waals surface area contributed by atoms with Crippen molar-refractivity contribution in [3.05, 3.63) is 45.6 Å². The Morgan fingerprint density at radius 2 is 1.76 bits per heavy atom. The molecule has 0 spiro atoms. The van der Waals surface area contributed by atoms with Crippen LogP contribution in [0, 0.1) is 17.0 Å². The zero-order valence-electron chi connectivity index (χ0n) is 10.7. The third-order valence-corrected chi connectivity index (χ3v) is 2.74. The van der Waals surface area contributed by atoms with Crippen molar-refractivity contribution in [1.82, 2.24) is 9.97 Å². The lowest BCUT2D eigenvalue weighted by Gasteiger charge is -2.08. The van der Waals surface area contributed by atoms with E-state index in [0.29, 0.717) is 0 Å². The topological polar surface area (TPSA) is 94.9 Å². The second kappa shape index (κ2) is 5.00. The smallest absolute Gasteiger partial charge is 0.368 e. The molecule has 2 N–H and O–H groups in total. The highest BCUT2D eigenvalue weighted by Crippen LogP contribution is 2.34. The maximum atomic E-state index is 12.5. The van der Waals surface area contributed by atoms with E-state index in [4.69, 9.17) is 5.73 Å². The lowest BCUT2D eigenvalue weighted by atomic mass is 10.1. The Bertz CT molecular complexity index is 699. The molecule has 2 aromatic rings. The molecule has 0 saturated heterocycles. The van der Waals surface area contributed by atoms with E-state index in [1.807, 2.05) is 0 Å².